The van der Waals surface area contributed by atoms with E-state index in [4.69, 9.17) is 0 Å². The van der Waals surface area contributed by atoms with Crippen molar-refractivity contribution in [2.75, 3.05) is 0 Å². The van der Waals surface area contributed by atoms with Crippen molar-refractivity contribution < 1.29 is 0 Å². The molecule has 0 bridgehead atoms. The molecule has 0 spiro atoms. The smallest absolute Gasteiger partial charge is 0.00109 e. The highest BCUT2D eigenvalue weighted by Crippen LogP contribution is 2.57. The lowest BCUT2D eigenvalue weighted by Crippen LogP contribution is -2.12. The molecule has 0 saturated carbocycles. The maximum atomic E-state index is 2.54. The Morgan fingerprint density at radius 2 is 0.471 bits per heavy atom. The fourth-order valence-electron chi connectivity index (χ4n) is 12.4. The van der Waals surface area contributed by atoms with Crippen molar-refractivity contribution in [1.82, 2.24) is 0 Å². The topological polar surface area (TPSA) is 0 Å². The lowest BCUT2D eigenvalue weighted by Gasteiger charge is -2.33. The minimum Gasteiger partial charge on any atom is -0.0654 e. The molecule has 0 N–H and O–H groups in total. The Morgan fingerprint density at radius 3 is 0.809 bits per heavy atom. The van der Waals surface area contributed by atoms with Gasteiger partial charge in [-0.25, -0.2) is 0 Å². The zero-order valence-corrected chi connectivity index (χ0v) is 45.7. The summed E-state index contributed by atoms with van der Waals surface area (Å²) in [6.07, 6.45) is 61.5. The van der Waals surface area contributed by atoms with Crippen LogP contribution in [0.1, 0.15) is 307 Å². The highest BCUT2D eigenvalue weighted by atomic mass is 14.3. The van der Waals surface area contributed by atoms with E-state index in [1.54, 1.807) is 38.4 Å². The first-order valence-electron chi connectivity index (χ1n) is 30.9. The summed E-state index contributed by atoms with van der Waals surface area (Å²) in [5.41, 5.74) is 13.5. The standard InChI is InChI=1S/C68H108/c1-5-9-13-17-21-25-29-33-37-41-49-57-58(50-42-38-34-30-26-22-18-14-10-6-2)60(52-44-40-36-32-28-24-20-16-12-8-4)67-65(59(57)51-43-39-35-31-27-23-19-15-11-7-3)61-53-45-46-54-62(61)66-63-55-47-48-56-64(63)68(66)67/h45-48,53-56H,5-44,49-52H2,1-4H3. The van der Waals surface area contributed by atoms with Gasteiger partial charge in [-0.3, -0.25) is 0 Å². The van der Waals surface area contributed by atoms with Gasteiger partial charge in [0.25, 0.3) is 0 Å². The van der Waals surface area contributed by atoms with Crippen LogP contribution in [0.5, 0.6) is 0 Å². The number of unbranched alkanes of at least 4 members (excludes halogenated alkanes) is 36. The molecule has 380 valence electrons. The minimum atomic E-state index is 1.26. The monoisotopic (exact) mass is 925 g/mol. The Kier molecular flexibility index (Phi) is 29.4. The average molecular weight is 926 g/mol. The van der Waals surface area contributed by atoms with Crippen LogP contribution < -0.4 is 0 Å². The van der Waals surface area contributed by atoms with Gasteiger partial charge >= 0.3 is 0 Å². The van der Waals surface area contributed by atoms with E-state index in [1.165, 1.54) is 299 Å². The van der Waals surface area contributed by atoms with E-state index in [0.29, 0.717) is 0 Å². The van der Waals surface area contributed by atoms with Crippen LogP contribution >= 0.6 is 0 Å². The van der Waals surface area contributed by atoms with E-state index < -0.39 is 0 Å². The molecular formula is C68H108. The molecule has 0 nitrogen and oxygen atoms in total. The summed E-state index contributed by atoms with van der Waals surface area (Å²) in [7, 11) is 0. The second-order valence-corrected chi connectivity index (χ2v) is 22.2. The summed E-state index contributed by atoms with van der Waals surface area (Å²) in [5.74, 6) is 0. The molecular weight excluding hydrogens is 817 g/mol. The second-order valence-electron chi connectivity index (χ2n) is 22.2. The Balaban J connectivity index is 1.48. The first-order chi connectivity index (χ1) is 33.8. The third-order valence-corrected chi connectivity index (χ3v) is 16.5. The molecule has 0 fully saturated rings. The van der Waals surface area contributed by atoms with E-state index in [9.17, 15) is 0 Å². The number of aryl methyl sites for hydroxylation is 2. The zero-order valence-electron chi connectivity index (χ0n) is 45.7. The average Bonchev–Trinajstić information content (AvgIpc) is 3.35. The minimum absolute atomic E-state index is 1.26. The zero-order chi connectivity index (χ0) is 47.7. The van der Waals surface area contributed by atoms with Crippen molar-refractivity contribution in [3.8, 4) is 22.3 Å². The normalized spacial score (nSPS) is 12.1. The van der Waals surface area contributed by atoms with E-state index in [1.807, 2.05) is 11.1 Å². The highest BCUT2D eigenvalue weighted by molar-refractivity contribution is 6.29. The quantitative estimate of drug-likeness (QED) is 0.0270. The van der Waals surface area contributed by atoms with Crippen LogP contribution in [0.3, 0.4) is 0 Å². The predicted molar refractivity (Wildman–Crippen MR) is 308 cm³/mol. The van der Waals surface area contributed by atoms with Crippen LogP contribution in [0.25, 0.3) is 43.8 Å². The molecule has 5 rings (SSSR count). The molecule has 68 heavy (non-hydrogen) atoms. The van der Waals surface area contributed by atoms with Crippen molar-refractivity contribution in [2.24, 2.45) is 0 Å². The van der Waals surface area contributed by atoms with Crippen LogP contribution in [-0.4, -0.2) is 0 Å². The second kappa shape index (κ2) is 35.5. The van der Waals surface area contributed by atoms with Crippen LogP contribution in [0.4, 0.5) is 0 Å². The van der Waals surface area contributed by atoms with Gasteiger partial charge in [-0.15, -0.1) is 0 Å². The van der Waals surface area contributed by atoms with Gasteiger partial charge in [-0.2, -0.15) is 0 Å². The largest absolute Gasteiger partial charge is 0.0654 e. The first-order valence-corrected chi connectivity index (χ1v) is 30.9. The maximum Gasteiger partial charge on any atom is -0.00109 e. The summed E-state index contributed by atoms with van der Waals surface area (Å²) < 4.78 is 0. The van der Waals surface area contributed by atoms with Gasteiger partial charge < -0.3 is 0 Å². The Morgan fingerprint density at radius 1 is 0.221 bits per heavy atom. The van der Waals surface area contributed by atoms with Gasteiger partial charge in [-0.1, -0.05) is 307 Å². The maximum absolute atomic E-state index is 2.54. The lowest BCUT2D eigenvalue weighted by atomic mass is 9.70. The number of benzene rings is 4. The molecule has 1 aliphatic rings. The van der Waals surface area contributed by atoms with Crippen molar-refractivity contribution >= 4 is 21.5 Å². The third-order valence-electron chi connectivity index (χ3n) is 16.5. The van der Waals surface area contributed by atoms with E-state index in [0.717, 1.165) is 0 Å². The van der Waals surface area contributed by atoms with Crippen molar-refractivity contribution in [3.63, 3.8) is 0 Å². The lowest BCUT2D eigenvalue weighted by molar-refractivity contribution is 0.549. The van der Waals surface area contributed by atoms with Gasteiger partial charge in [0.05, 0.1) is 0 Å². The molecule has 0 aliphatic heterocycles. The van der Waals surface area contributed by atoms with E-state index >= 15 is 0 Å². The molecule has 4 aromatic rings. The molecule has 0 atom stereocenters. The predicted octanol–water partition coefficient (Wildman–Crippen LogP) is 23.5. The Bertz CT molecular complexity index is 1910. The van der Waals surface area contributed by atoms with Gasteiger partial charge in [0.15, 0.2) is 0 Å². The van der Waals surface area contributed by atoms with Crippen molar-refractivity contribution in [1.29, 1.82) is 0 Å². The van der Waals surface area contributed by atoms with Crippen molar-refractivity contribution in [2.45, 2.75) is 310 Å². The fourth-order valence-corrected chi connectivity index (χ4v) is 12.4. The fraction of sp³-hybridized carbons (Fsp3) is 0.706. The summed E-state index contributed by atoms with van der Waals surface area (Å²) in [6.45, 7) is 9.36. The summed E-state index contributed by atoms with van der Waals surface area (Å²) in [5, 5.41) is 6.44. The number of hydrogen-bond acceptors (Lipinski definition) is 0. The SMILES string of the molecule is CCCCCCCCCCCCc1c(CCCCCCCCCCCC)c(CCCCCCCCCCCC)c2c(c1CCCCCCCCCCCC)c1c(c3ccccc32)-c2ccccc2-1. The van der Waals surface area contributed by atoms with Crippen LogP contribution in [0, 0.1) is 0 Å². The molecule has 0 amide bonds. The van der Waals surface area contributed by atoms with E-state index in [-0.39, 0.29) is 0 Å². The molecule has 0 unspecified atom stereocenters. The van der Waals surface area contributed by atoms with Gasteiger partial charge in [0.1, 0.15) is 0 Å². The number of rotatable bonds is 44. The summed E-state index contributed by atoms with van der Waals surface area (Å²) in [6, 6.07) is 19.2. The highest BCUT2D eigenvalue weighted by Gasteiger charge is 2.32. The molecule has 0 heterocycles. The molecule has 0 aromatic heterocycles. The van der Waals surface area contributed by atoms with Gasteiger partial charge in [0.2, 0.25) is 0 Å². The first kappa shape index (κ1) is 56.3. The van der Waals surface area contributed by atoms with Crippen LogP contribution in [0.2, 0.25) is 0 Å². The summed E-state index contributed by atoms with van der Waals surface area (Å²) in [4.78, 5) is 0. The third kappa shape index (κ3) is 18.5. The van der Waals surface area contributed by atoms with Gasteiger partial charge in [-0.05, 0) is 117 Å². The Hall–Kier alpha value is -2.60. The summed E-state index contributed by atoms with van der Waals surface area (Å²) >= 11 is 0. The molecule has 1 aliphatic carbocycles. The number of fused-ring (bicyclic) bond motifs is 9. The Labute approximate surface area is 422 Å². The van der Waals surface area contributed by atoms with Crippen LogP contribution in [-0.2, 0) is 25.7 Å². The molecule has 0 saturated heterocycles. The molecule has 0 radical (unpaired) electrons. The number of hydrogen-bond donors (Lipinski definition) is 0. The van der Waals surface area contributed by atoms with E-state index in [2.05, 4.69) is 76.2 Å². The van der Waals surface area contributed by atoms with Crippen LogP contribution in [0.15, 0.2) is 48.5 Å². The van der Waals surface area contributed by atoms with Crippen molar-refractivity contribution in [3.05, 3.63) is 70.8 Å². The molecule has 4 aromatic carbocycles. The van der Waals surface area contributed by atoms with Gasteiger partial charge in [0, 0.05) is 0 Å². The molecule has 0 heteroatoms.